The van der Waals surface area contributed by atoms with E-state index in [1.807, 2.05) is 7.05 Å². The van der Waals surface area contributed by atoms with Crippen molar-refractivity contribution in [1.29, 1.82) is 0 Å². The Hall–Kier alpha value is -1.31. The van der Waals surface area contributed by atoms with Crippen LogP contribution in [-0.2, 0) is 12.8 Å². The molecule has 0 heterocycles. The molecule has 0 spiro atoms. The minimum absolute atomic E-state index is 0.553. The topological polar surface area (TPSA) is 12.0 Å². The van der Waals surface area contributed by atoms with E-state index in [9.17, 15) is 0 Å². The average molecular weight is 302 g/mol. The van der Waals surface area contributed by atoms with Gasteiger partial charge in [0.1, 0.15) is 0 Å². The lowest BCUT2D eigenvalue weighted by atomic mass is 9.91. The van der Waals surface area contributed by atoms with Crippen molar-refractivity contribution in [2.24, 2.45) is 5.92 Å². The maximum absolute atomic E-state index is 6.38. The molecule has 21 heavy (non-hydrogen) atoms. The van der Waals surface area contributed by atoms with Crippen LogP contribution in [0.1, 0.15) is 22.3 Å². The van der Waals surface area contributed by atoms with E-state index in [1.54, 1.807) is 0 Å². The van der Waals surface area contributed by atoms with E-state index in [0.717, 1.165) is 24.4 Å². The second-order valence-corrected chi connectivity index (χ2v) is 6.32. The molecule has 1 nitrogen and oxygen atoms in total. The molecule has 0 aliphatic heterocycles. The van der Waals surface area contributed by atoms with Gasteiger partial charge in [-0.3, -0.25) is 0 Å². The number of hydrogen-bond acceptors (Lipinski definition) is 1. The maximum Gasteiger partial charge on any atom is 0.0440 e. The van der Waals surface area contributed by atoms with Crippen LogP contribution in [0.15, 0.2) is 42.5 Å². The third kappa shape index (κ3) is 4.87. The zero-order valence-corrected chi connectivity index (χ0v) is 13.9. The van der Waals surface area contributed by atoms with Gasteiger partial charge in [0.05, 0.1) is 0 Å². The summed E-state index contributed by atoms with van der Waals surface area (Å²) in [6, 6.07) is 15.1. The molecule has 2 aromatic rings. The fraction of sp³-hybridized carbons (Fsp3) is 0.368. The number of hydrogen-bond donors (Lipinski definition) is 1. The second-order valence-electron chi connectivity index (χ2n) is 5.92. The lowest BCUT2D eigenvalue weighted by molar-refractivity contribution is 0.493. The van der Waals surface area contributed by atoms with Crippen LogP contribution in [-0.4, -0.2) is 13.6 Å². The van der Waals surface area contributed by atoms with Gasteiger partial charge in [-0.15, -0.1) is 0 Å². The molecule has 1 unspecified atom stereocenters. The number of halogens is 1. The van der Waals surface area contributed by atoms with Crippen LogP contribution >= 0.6 is 11.6 Å². The van der Waals surface area contributed by atoms with Crippen LogP contribution in [0.4, 0.5) is 0 Å². The number of nitrogens with one attached hydrogen (secondary N) is 1. The van der Waals surface area contributed by atoms with Crippen LogP contribution in [0.3, 0.4) is 0 Å². The predicted octanol–water partition coefficient (Wildman–Crippen LogP) is 4.58. The van der Waals surface area contributed by atoms with Gasteiger partial charge >= 0.3 is 0 Å². The summed E-state index contributed by atoms with van der Waals surface area (Å²) in [5, 5.41) is 4.20. The Morgan fingerprint density at radius 3 is 2.43 bits per heavy atom. The van der Waals surface area contributed by atoms with Crippen molar-refractivity contribution < 1.29 is 0 Å². The van der Waals surface area contributed by atoms with Gasteiger partial charge in [-0.05, 0) is 69.0 Å². The summed E-state index contributed by atoms with van der Waals surface area (Å²) in [5.74, 6) is 0.553. The highest BCUT2D eigenvalue weighted by Gasteiger charge is 2.12. The van der Waals surface area contributed by atoms with Gasteiger partial charge in [-0.25, -0.2) is 0 Å². The van der Waals surface area contributed by atoms with Crippen LogP contribution in [0.2, 0.25) is 5.02 Å². The SMILES string of the molecule is CNCC(Cc1cccc(C)c1)Cc1ccc(C)cc1Cl. The monoisotopic (exact) mass is 301 g/mol. The Balaban J connectivity index is 2.11. The number of rotatable bonds is 6. The normalized spacial score (nSPS) is 12.4. The van der Waals surface area contributed by atoms with Crippen LogP contribution in [0.5, 0.6) is 0 Å². The minimum atomic E-state index is 0.553. The zero-order valence-electron chi connectivity index (χ0n) is 13.1. The molecule has 0 radical (unpaired) electrons. The highest BCUT2D eigenvalue weighted by atomic mass is 35.5. The van der Waals surface area contributed by atoms with Crippen molar-refractivity contribution in [1.82, 2.24) is 5.32 Å². The smallest absolute Gasteiger partial charge is 0.0440 e. The van der Waals surface area contributed by atoms with Gasteiger partial charge in [-0.1, -0.05) is 53.6 Å². The molecule has 1 atom stereocenters. The minimum Gasteiger partial charge on any atom is -0.319 e. The average Bonchev–Trinajstić information content (AvgIpc) is 2.42. The van der Waals surface area contributed by atoms with Gasteiger partial charge in [-0.2, -0.15) is 0 Å². The lowest BCUT2D eigenvalue weighted by Crippen LogP contribution is -2.23. The summed E-state index contributed by atoms with van der Waals surface area (Å²) in [5.41, 5.74) is 5.19. The third-order valence-electron chi connectivity index (χ3n) is 3.82. The standard InChI is InChI=1S/C19H24ClN/c1-14-5-4-6-16(9-14)11-17(13-21-3)12-18-8-7-15(2)10-19(18)20/h4-10,17,21H,11-13H2,1-3H3. The summed E-state index contributed by atoms with van der Waals surface area (Å²) in [4.78, 5) is 0. The molecule has 112 valence electrons. The van der Waals surface area contributed by atoms with E-state index in [4.69, 9.17) is 11.6 Å². The first-order chi connectivity index (χ1) is 10.1. The number of aryl methyl sites for hydroxylation is 2. The predicted molar refractivity (Wildman–Crippen MR) is 92.2 cm³/mol. The van der Waals surface area contributed by atoms with E-state index in [2.05, 4.69) is 61.6 Å². The molecule has 1 N–H and O–H groups in total. The van der Waals surface area contributed by atoms with E-state index >= 15 is 0 Å². The zero-order chi connectivity index (χ0) is 15.2. The molecule has 0 fully saturated rings. The Morgan fingerprint density at radius 1 is 1.00 bits per heavy atom. The number of benzene rings is 2. The van der Waals surface area contributed by atoms with E-state index in [0.29, 0.717) is 5.92 Å². The van der Waals surface area contributed by atoms with Gasteiger partial charge in [0.2, 0.25) is 0 Å². The molecule has 2 aromatic carbocycles. The summed E-state index contributed by atoms with van der Waals surface area (Å²) in [7, 11) is 2.01. The van der Waals surface area contributed by atoms with Crippen LogP contribution in [0.25, 0.3) is 0 Å². The largest absolute Gasteiger partial charge is 0.319 e. The summed E-state index contributed by atoms with van der Waals surface area (Å²) >= 11 is 6.38. The molecule has 0 aromatic heterocycles. The van der Waals surface area contributed by atoms with Crippen molar-refractivity contribution in [2.45, 2.75) is 26.7 Å². The molecular weight excluding hydrogens is 278 g/mol. The molecule has 2 heteroatoms. The molecular formula is C19H24ClN. The van der Waals surface area contributed by atoms with Crippen molar-refractivity contribution in [2.75, 3.05) is 13.6 Å². The quantitative estimate of drug-likeness (QED) is 0.823. The Kier molecular flexibility index (Phi) is 5.84. The Bertz CT molecular complexity index is 592. The first-order valence-electron chi connectivity index (χ1n) is 7.53. The van der Waals surface area contributed by atoms with Crippen molar-refractivity contribution in [3.05, 3.63) is 69.7 Å². The summed E-state index contributed by atoms with van der Waals surface area (Å²) in [6.45, 7) is 5.22. The molecule has 0 bridgehead atoms. The fourth-order valence-corrected chi connectivity index (χ4v) is 3.12. The highest BCUT2D eigenvalue weighted by molar-refractivity contribution is 6.31. The third-order valence-corrected chi connectivity index (χ3v) is 4.17. The van der Waals surface area contributed by atoms with E-state index < -0.39 is 0 Å². The van der Waals surface area contributed by atoms with Crippen molar-refractivity contribution in [3.63, 3.8) is 0 Å². The Labute approximate surface area is 133 Å². The van der Waals surface area contributed by atoms with Crippen molar-refractivity contribution in [3.8, 4) is 0 Å². The second kappa shape index (κ2) is 7.63. The van der Waals surface area contributed by atoms with Crippen LogP contribution in [0, 0.1) is 19.8 Å². The molecule has 0 saturated carbocycles. The molecule has 0 aliphatic carbocycles. The lowest BCUT2D eigenvalue weighted by Gasteiger charge is -2.18. The Morgan fingerprint density at radius 2 is 1.76 bits per heavy atom. The van der Waals surface area contributed by atoms with Gasteiger partial charge < -0.3 is 5.32 Å². The first-order valence-corrected chi connectivity index (χ1v) is 7.91. The fourth-order valence-electron chi connectivity index (χ4n) is 2.81. The van der Waals surface area contributed by atoms with E-state index in [-0.39, 0.29) is 0 Å². The molecule has 0 amide bonds. The van der Waals surface area contributed by atoms with Gasteiger partial charge in [0.15, 0.2) is 0 Å². The molecule has 2 rings (SSSR count). The molecule has 0 saturated heterocycles. The first kappa shape index (κ1) is 16.1. The summed E-state index contributed by atoms with van der Waals surface area (Å²) in [6.07, 6.45) is 2.08. The van der Waals surface area contributed by atoms with E-state index in [1.165, 1.54) is 22.3 Å². The maximum atomic E-state index is 6.38. The van der Waals surface area contributed by atoms with Gasteiger partial charge in [0, 0.05) is 5.02 Å². The van der Waals surface area contributed by atoms with Gasteiger partial charge in [0.25, 0.3) is 0 Å². The molecule has 0 aliphatic rings. The van der Waals surface area contributed by atoms with Crippen LogP contribution < -0.4 is 5.32 Å². The van der Waals surface area contributed by atoms with Crippen molar-refractivity contribution >= 4 is 11.6 Å². The highest BCUT2D eigenvalue weighted by Crippen LogP contribution is 2.22. The summed E-state index contributed by atoms with van der Waals surface area (Å²) < 4.78 is 0.